The fourth-order valence-electron chi connectivity index (χ4n) is 4.01. The smallest absolute Gasteiger partial charge is 0.412 e. The maximum absolute atomic E-state index is 12.4. The second-order valence-electron chi connectivity index (χ2n) is 7.74. The van der Waals surface area contributed by atoms with Gasteiger partial charge in [0.05, 0.1) is 0 Å². The van der Waals surface area contributed by atoms with Crippen molar-refractivity contribution in [1.82, 2.24) is 15.1 Å². The Hall–Kier alpha value is -4.14. The topological polar surface area (TPSA) is 123 Å². The van der Waals surface area contributed by atoms with Gasteiger partial charge in [0.2, 0.25) is 0 Å². The number of aromatic nitrogens is 2. The molecule has 0 saturated carbocycles. The number of anilines is 1. The number of benzene rings is 2. The van der Waals surface area contributed by atoms with Gasteiger partial charge in [-0.2, -0.15) is 5.10 Å². The van der Waals surface area contributed by atoms with Crippen LogP contribution in [0.2, 0.25) is 0 Å². The predicted octanol–water partition coefficient (Wildman–Crippen LogP) is 3.38. The summed E-state index contributed by atoms with van der Waals surface area (Å²) in [4.78, 5) is 35.3. The van der Waals surface area contributed by atoms with E-state index in [1.165, 1.54) is 10.7 Å². The van der Waals surface area contributed by atoms with E-state index < -0.39 is 18.0 Å². The number of fused-ring (bicyclic) bond motifs is 3. The minimum Gasteiger partial charge on any atom is -0.481 e. The van der Waals surface area contributed by atoms with E-state index in [0.29, 0.717) is 6.42 Å². The minimum atomic E-state index is -0.917. The molecule has 0 fully saturated rings. The van der Waals surface area contributed by atoms with E-state index in [0.717, 1.165) is 22.3 Å². The van der Waals surface area contributed by atoms with Gasteiger partial charge in [-0.15, -0.1) is 0 Å². The highest BCUT2D eigenvalue weighted by molar-refractivity contribution is 5.94. The largest absolute Gasteiger partial charge is 0.481 e. The van der Waals surface area contributed by atoms with Crippen LogP contribution in [0.3, 0.4) is 0 Å². The third kappa shape index (κ3) is 4.87. The van der Waals surface area contributed by atoms with E-state index in [9.17, 15) is 14.4 Å². The minimum absolute atomic E-state index is 0.0275. The zero-order valence-corrected chi connectivity index (χ0v) is 18.1. The molecule has 0 atom stereocenters. The van der Waals surface area contributed by atoms with Crippen molar-refractivity contribution in [3.63, 3.8) is 0 Å². The molecule has 3 N–H and O–H groups in total. The van der Waals surface area contributed by atoms with Gasteiger partial charge in [-0.05, 0) is 28.7 Å². The molecule has 0 bridgehead atoms. The number of nitrogens with zero attached hydrogens (tertiary/aromatic N) is 2. The summed E-state index contributed by atoms with van der Waals surface area (Å²) in [5, 5.41) is 18.0. The van der Waals surface area contributed by atoms with Crippen LogP contribution < -0.4 is 10.6 Å². The van der Waals surface area contributed by atoms with Gasteiger partial charge in [-0.1, -0.05) is 48.5 Å². The molecule has 1 heterocycles. The first-order chi connectivity index (χ1) is 15.9. The van der Waals surface area contributed by atoms with Crippen molar-refractivity contribution in [2.75, 3.05) is 18.5 Å². The zero-order chi connectivity index (χ0) is 23.4. The lowest BCUT2D eigenvalue weighted by atomic mass is 9.98. The van der Waals surface area contributed by atoms with Crippen molar-refractivity contribution in [3.8, 4) is 11.1 Å². The van der Waals surface area contributed by atoms with Crippen LogP contribution in [0.1, 0.15) is 40.4 Å². The van der Waals surface area contributed by atoms with Crippen molar-refractivity contribution in [2.24, 2.45) is 7.05 Å². The molecule has 4 rings (SSSR count). The van der Waals surface area contributed by atoms with Gasteiger partial charge in [0, 0.05) is 32.0 Å². The maximum atomic E-state index is 12.4. The molecule has 1 aromatic heterocycles. The molecule has 1 aliphatic carbocycles. The summed E-state index contributed by atoms with van der Waals surface area (Å²) < 4.78 is 6.84. The molecule has 0 spiro atoms. The van der Waals surface area contributed by atoms with Crippen LogP contribution in [0.5, 0.6) is 0 Å². The molecular weight excluding hydrogens is 424 g/mol. The molecule has 2 aromatic carbocycles. The fraction of sp³-hybridized carbons (Fsp3) is 0.250. The number of amides is 2. The SMILES string of the molecule is Cn1nc(NC(=O)OCC2c3ccccc3-c3ccccc32)cc1C(=O)NCCCC(=O)O. The Morgan fingerprint density at radius 1 is 1.06 bits per heavy atom. The number of aliphatic carboxylic acids is 1. The summed E-state index contributed by atoms with van der Waals surface area (Å²) in [6, 6.07) is 17.6. The third-order valence-electron chi connectivity index (χ3n) is 5.54. The summed E-state index contributed by atoms with van der Waals surface area (Å²) in [6.07, 6.45) is -0.368. The number of rotatable bonds is 8. The number of aryl methyl sites for hydroxylation is 1. The average molecular weight is 448 g/mol. The van der Waals surface area contributed by atoms with Crippen LogP contribution in [0, 0.1) is 0 Å². The first-order valence-corrected chi connectivity index (χ1v) is 10.6. The molecule has 9 nitrogen and oxygen atoms in total. The first kappa shape index (κ1) is 22.1. The fourth-order valence-corrected chi connectivity index (χ4v) is 4.01. The van der Waals surface area contributed by atoms with Crippen LogP contribution >= 0.6 is 0 Å². The molecular formula is C24H24N4O5. The van der Waals surface area contributed by atoms with Gasteiger partial charge in [0.1, 0.15) is 12.3 Å². The molecule has 33 heavy (non-hydrogen) atoms. The van der Waals surface area contributed by atoms with E-state index in [-0.39, 0.29) is 37.0 Å². The lowest BCUT2D eigenvalue weighted by molar-refractivity contribution is -0.137. The quantitative estimate of drug-likeness (QED) is 0.454. The Bertz CT molecular complexity index is 1160. The summed E-state index contributed by atoms with van der Waals surface area (Å²) >= 11 is 0. The van der Waals surface area contributed by atoms with E-state index in [4.69, 9.17) is 9.84 Å². The molecule has 170 valence electrons. The number of carboxylic acids is 1. The summed E-state index contributed by atoms with van der Waals surface area (Å²) in [5.74, 6) is -1.19. The molecule has 3 aromatic rings. The molecule has 0 saturated heterocycles. The highest BCUT2D eigenvalue weighted by Crippen LogP contribution is 2.44. The second kappa shape index (κ2) is 9.56. The number of nitrogens with one attached hydrogen (secondary N) is 2. The standard InChI is InChI=1S/C24H24N4O5/c1-28-20(23(31)25-12-6-11-22(29)30)13-21(27-28)26-24(32)33-14-19-17-9-4-2-7-15(17)16-8-3-5-10-18(16)19/h2-5,7-10,13,19H,6,11-12,14H2,1H3,(H,25,31)(H,29,30)(H,26,27,32). The molecule has 0 radical (unpaired) electrons. The first-order valence-electron chi connectivity index (χ1n) is 10.6. The van der Waals surface area contributed by atoms with Gasteiger partial charge in [0.15, 0.2) is 5.82 Å². The summed E-state index contributed by atoms with van der Waals surface area (Å²) in [5.41, 5.74) is 4.76. The monoisotopic (exact) mass is 448 g/mol. The van der Waals surface area contributed by atoms with E-state index in [1.54, 1.807) is 7.05 Å². The van der Waals surface area contributed by atoms with Gasteiger partial charge in [-0.3, -0.25) is 19.6 Å². The molecule has 2 amide bonds. The molecule has 0 unspecified atom stereocenters. The highest BCUT2D eigenvalue weighted by Gasteiger charge is 2.29. The average Bonchev–Trinajstić information content (AvgIpc) is 3.32. The number of carbonyl (C=O) groups excluding carboxylic acids is 2. The number of carbonyl (C=O) groups is 3. The number of carboxylic acid groups (broad SMARTS) is 1. The molecule has 9 heteroatoms. The van der Waals surface area contributed by atoms with Gasteiger partial charge >= 0.3 is 12.1 Å². The number of hydrogen-bond donors (Lipinski definition) is 3. The summed E-state index contributed by atoms with van der Waals surface area (Å²) in [7, 11) is 1.58. The van der Waals surface area contributed by atoms with Crippen molar-refractivity contribution < 1.29 is 24.2 Å². The second-order valence-corrected chi connectivity index (χ2v) is 7.74. The normalized spacial score (nSPS) is 12.0. The van der Waals surface area contributed by atoms with Crippen molar-refractivity contribution in [1.29, 1.82) is 0 Å². The Balaban J connectivity index is 1.35. The maximum Gasteiger partial charge on any atom is 0.412 e. The van der Waals surface area contributed by atoms with Crippen LogP contribution in [-0.4, -0.2) is 46.0 Å². The van der Waals surface area contributed by atoms with Gasteiger partial charge in [0.25, 0.3) is 5.91 Å². The van der Waals surface area contributed by atoms with E-state index >= 15 is 0 Å². The number of ether oxygens (including phenoxy) is 1. The molecule has 1 aliphatic rings. The third-order valence-corrected chi connectivity index (χ3v) is 5.54. The number of hydrogen-bond acceptors (Lipinski definition) is 5. The van der Waals surface area contributed by atoms with Gasteiger partial charge < -0.3 is 15.2 Å². The van der Waals surface area contributed by atoms with Crippen LogP contribution in [0.4, 0.5) is 10.6 Å². The summed E-state index contributed by atoms with van der Waals surface area (Å²) in [6.45, 7) is 0.398. The van der Waals surface area contributed by atoms with Crippen LogP contribution in [0.15, 0.2) is 54.6 Å². The van der Waals surface area contributed by atoms with Crippen LogP contribution in [-0.2, 0) is 16.6 Å². The highest BCUT2D eigenvalue weighted by atomic mass is 16.5. The lowest BCUT2D eigenvalue weighted by Crippen LogP contribution is -2.26. The molecule has 0 aliphatic heterocycles. The zero-order valence-electron chi connectivity index (χ0n) is 18.1. The van der Waals surface area contributed by atoms with Crippen molar-refractivity contribution >= 4 is 23.8 Å². The van der Waals surface area contributed by atoms with Gasteiger partial charge in [-0.25, -0.2) is 4.79 Å². The van der Waals surface area contributed by atoms with Crippen molar-refractivity contribution in [3.05, 3.63) is 71.4 Å². The Kier molecular flexibility index (Phi) is 6.39. The van der Waals surface area contributed by atoms with Crippen molar-refractivity contribution in [2.45, 2.75) is 18.8 Å². The Labute approximate surface area is 190 Å². The predicted molar refractivity (Wildman–Crippen MR) is 121 cm³/mol. The van der Waals surface area contributed by atoms with E-state index in [2.05, 4.69) is 27.9 Å². The van der Waals surface area contributed by atoms with E-state index in [1.807, 2.05) is 36.4 Å². The Morgan fingerprint density at radius 2 is 1.70 bits per heavy atom. The Morgan fingerprint density at radius 3 is 2.33 bits per heavy atom. The van der Waals surface area contributed by atoms with Crippen LogP contribution in [0.25, 0.3) is 11.1 Å². The lowest BCUT2D eigenvalue weighted by Gasteiger charge is -2.14.